The molecule has 2 N–H and O–H groups in total. The number of hydrogen-bond acceptors (Lipinski definition) is 4. The summed E-state index contributed by atoms with van der Waals surface area (Å²) in [6.45, 7) is 3.98. The number of quaternary nitrogens is 1. The zero-order chi connectivity index (χ0) is 18.5. The van der Waals surface area contributed by atoms with Crippen LogP contribution in [-0.4, -0.2) is 46.6 Å². The van der Waals surface area contributed by atoms with Crippen molar-refractivity contribution in [2.45, 2.75) is 19.3 Å². The lowest BCUT2D eigenvalue weighted by Crippen LogP contribution is -3.13. The van der Waals surface area contributed by atoms with Crippen molar-refractivity contribution >= 4 is 18.4 Å². The molecule has 26 heavy (non-hydrogen) atoms. The minimum Gasteiger partial charge on any atom is -0.494 e. The molecule has 0 atom stereocenters. The van der Waals surface area contributed by atoms with Gasteiger partial charge in [-0.25, -0.2) is 0 Å². The second-order valence-corrected chi connectivity index (χ2v) is 7.02. The van der Waals surface area contributed by atoms with E-state index in [0.29, 0.717) is 12.2 Å². The predicted octanol–water partition coefficient (Wildman–Crippen LogP) is 1.10. The predicted molar refractivity (Wildman–Crippen MR) is 105 cm³/mol. The molecule has 6 nitrogen and oxygen atoms in total. The number of nitrogens with zero attached hydrogens (tertiary/aromatic N) is 3. The van der Waals surface area contributed by atoms with Gasteiger partial charge in [0.2, 0.25) is 5.88 Å². The van der Waals surface area contributed by atoms with Gasteiger partial charge >= 0.3 is 0 Å². The highest BCUT2D eigenvalue weighted by Gasteiger charge is 2.15. The number of aliphatic imine (C=N–C) groups is 1. The Morgan fingerprint density at radius 2 is 1.92 bits per heavy atom. The lowest BCUT2D eigenvalue weighted by atomic mass is 10.1. The first-order chi connectivity index (χ1) is 12.6. The van der Waals surface area contributed by atoms with Crippen LogP contribution in [0.2, 0.25) is 0 Å². The Morgan fingerprint density at radius 1 is 1.23 bits per heavy atom. The first-order valence-electron chi connectivity index (χ1n) is 9.03. The Morgan fingerprint density at radius 3 is 2.62 bits per heavy atom. The molecular formula is C19H25N4O2S+. The van der Waals surface area contributed by atoms with E-state index in [2.05, 4.69) is 4.99 Å². The van der Waals surface area contributed by atoms with Crippen molar-refractivity contribution in [1.29, 1.82) is 0 Å². The number of piperidine rings is 1. The van der Waals surface area contributed by atoms with Crippen LogP contribution in [0.3, 0.4) is 0 Å². The summed E-state index contributed by atoms with van der Waals surface area (Å²) in [6.07, 6.45) is 5.36. The number of rotatable bonds is 5. The number of likely N-dealkylation sites (tertiary alicyclic amines) is 1. The van der Waals surface area contributed by atoms with Crippen LogP contribution in [0.1, 0.15) is 24.8 Å². The summed E-state index contributed by atoms with van der Waals surface area (Å²) in [6, 6.07) is 9.20. The first kappa shape index (κ1) is 18.5. The van der Waals surface area contributed by atoms with Crippen LogP contribution in [-0.2, 0) is 7.05 Å². The Kier molecular flexibility index (Phi) is 6.00. The molecule has 0 saturated carbocycles. The molecule has 0 radical (unpaired) electrons. The Hall–Kier alpha value is -2.25. The average Bonchev–Trinajstić information content (AvgIpc) is 2.67. The van der Waals surface area contributed by atoms with Crippen molar-refractivity contribution in [3.63, 3.8) is 0 Å². The van der Waals surface area contributed by atoms with Gasteiger partial charge in [0.15, 0.2) is 4.77 Å². The van der Waals surface area contributed by atoms with Gasteiger partial charge < -0.3 is 10.0 Å². The fourth-order valence-electron chi connectivity index (χ4n) is 3.32. The quantitative estimate of drug-likeness (QED) is 0.609. The number of aromatic hydroxyl groups is 1. The summed E-state index contributed by atoms with van der Waals surface area (Å²) in [4.78, 5) is 18.8. The number of benzene rings is 1. The van der Waals surface area contributed by atoms with Gasteiger partial charge in [-0.15, -0.1) is 0 Å². The third-order valence-corrected chi connectivity index (χ3v) is 5.32. The molecule has 0 bridgehead atoms. The van der Waals surface area contributed by atoms with Crippen molar-refractivity contribution in [3.8, 4) is 11.6 Å². The molecule has 2 aromatic rings. The molecule has 0 spiro atoms. The van der Waals surface area contributed by atoms with E-state index < -0.39 is 0 Å². The summed E-state index contributed by atoms with van der Waals surface area (Å²) in [7, 11) is 1.64. The van der Waals surface area contributed by atoms with Crippen molar-refractivity contribution in [3.05, 3.63) is 51.0 Å². The lowest BCUT2D eigenvalue weighted by Gasteiger charge is -2.22. The summed E-state index contributed by atoms with van der Waals surface area (Å²) >= 11 is 5.35. The molecule has 1 aliphatic rings. The largest absolute Gasteiger partial charge is 0.494 e. The summed E-state index contributed by atoms with van der Waals surface area (Å²) in [5.74, 6) is -0.152. The lowest BCUT2D eigenvalue weighted by molar-refractivity contribution is -0.903. The topological polar surface area (TPSA) is 64.0 Å². The van der Waals surface area contributed by atoms with Gasteiger partial charge in [-0.2, -0.15) is 0 Å². The zero-order valence-electron chi connectivity index (χ0n) is 15.0. The highest BCUT2D eigenvalue weighted by Crippen LogP contribution is 2.14. The molecule has 138 valence electrons. The standard InChI is InChI=1S/C19H24N4O2S/c1-21-17(24)16(14-20-10-13-22-11-6-3-7-12-22)18(25)23(19(21)26)15-8-4-2-5-9-15/h2,4-5,8-9,14,24H,3,6-7,10-13H2,1H3/p+1. The van der Waals surface area contributed by atoms with Crippen LogP contribution in [0.5, 0.6) is 5.88 Å². The van der Waals surface area contributed by atoms with Gasteiger partial charge in [-0.1, -0.05) is 18.2 Å². The van der Waals surface area contributed by atoms with E-state index in [0.717, 1.165) is 6.54 Å². The van der Waals surface area contributed by atoms with Gasteiger partial charge in [0.25, 0.3) is 5.56 Å². The van der Waals surface area contributed by atoms with E-state index in [9.17, 15) is 9.90 Å². The van der Waals surface area contributed by atoms with Crippen molar-refractivity contribution in [1.82, 2.24) is 9.13 Å². The van der Waals surface area contributed by atoms with E-state index in [1.54, 1.807) is 11.9 Å². The van der Waals surface area contributed by atoms with E-state index in [1.807, 2.05) is 30.3 Å². The fraction of sp³-hybridized carbons (Fsp3) is 0.421. The van der Waals surface area contributed by atoms with Gasteiger partial charge in [0, 0.05) is 13.3 Å². The second-order valence-electron chi connectivity index (χ2n) is 6.65. The van der Waals surface area contributed by atoms with E-state index in [1.165, 1.54) is 47.7 Å². The molecule has 1 aromatic heterocycles. The maximum Gasteiger partial charge on any atom is 0.271 e. The molecule has 7 heteroatoms. The molecule has 1 aromatic carbocycles. The van der Waals surface area contributed by atoms with Gasteiger partial charge in [0.1, 0.15) is 5.56 Å². The maximum absolute atomic E-state index is 12.9. The number of para-hydroxylation sites is 1. The van der Waals surface area contributed by atoms with E-state index >= 15 is 0 Å². The Labute approximate surface area is 158 Å². The smallest absolute Gasteiger partial charge is 0.271 e. The van der Waals surface area contributed by atoms with Crippen molar-refractivity contribution in [2.24, 2.45) is 12.0 Å². The van der Waals surface area contributed by atoms with Gasteiger partial charge in [-0.05, 0) is 43.6 Å². The van der Waals surface area contributed by atoms with E-state index in [4.69, 9.17) is 12.2 Å². The summed E-state index contributed by atoms with van der Waals surface area (Å²) in [5.41, 5.74) is 0.481. The summed E-state index contributed by atoms with van der Waals surface area (Å²) in [5, 5.41) is 10.4. The molecule has 1 fully saturated rings. The second kappa shape index (κ2) is 8.42. The normalized spacial score (nSPS) is 15.6. The highest BCUT2D eigenvalue weighted by atomic mass is 32.1. The van der Waals surface area contributed by atoms with E-state index in [-0.39, 0.29) is 21.8 Å². The van der Waals surface area contributed by atoms with Crippen LogP contribution < -0.4 is 10.5 Å². The Bertz CT molecular complexity index is 896. The third-order valence-electron chi connectivity index (χ3n) is 4.86. The molecule has 1 saturated heterocycles. The SMILES string of the molecule is Cn1c(O)c(C=NCC[NH+]2CCCCC2)c(=O)n(-c2ccccc2)c1=S. The average molecular weight is 374 g/mol. The van der Waals surface area contributed by atoms with Gasteiger partial charge in [-0.3, -0.25) is 18.9 Å². The number of hydrogen-bond donors (Lipinski definition) is 2. The molecule has 0 aliphatic carbocycles. The zero-order valence-corrected chi connectivity index (χ0v) is 15.8. The van der Waals surface area contributed by atoms with Crippen LogP contribution in [0.25, 0.3) is 5.69 Å². The molecule has 0 unspecified atom stereocenters. The van der Waals surface area contributed by atoms with Gasteiger partial charge in [0.05, 0.1) is 31.9 Å². The number of aromatic nitrogens is 2. The minimum atomic E-state index is -0.356. The molecule has 2 heterocycles. The van der Waals surface area contributed by atoms with Crippen molar-refractivity contribution < 1.29 is 10.0 Å². The monoisotopic (exact) mass is 373 g/mol. The van der Waals surface area contributed by atoms with Crippen molar-refractivity contribution in [2.75, 3.05) is 26.2 Å². The summed E-state index contributed by atoms with van der Waals surface area (Å²) < 4.78 is 3.10. The first-order valence-corrected chi connectivity index (χ1v) is 9.44. The fourth-order valence-corrected chi connectivity index (χ4v) is 3.60. The number of nitrogens with one attached hydrogen (secondary N) is 1. The molecule has 1 aliphatic heterocycles. The maximum atomic E-state index is 12.9. The van der Waals surface area contributed by atoms with Crippen LogP contribution in [0, 0.1) is 4.77 Å². The molecule has 0 amide bonds. The molecule has 3 rings (SSSR count). The molecular weight excluding hydrogens is 348 g/mol. The highest BCUT2D eigenvalue weighted by molar-refractivity contribution is 7.71. The van der Waals surface area contributed by atoms with Crippen LogP contribution in [0.4, 0.5) is 0 Å². The van der Waals surface area contributed by atoms with Crippen LogP contribution >= 0.6 is 12.2 Å². The Balaban J connectivity index is 1.87. The third kappa shape index (κ3) is 3.94. The minimum absolute atomic E-state index is 0.152. The van der Waals surface area contributed by atoms with Crippen LogP contribution in [0.15, 0.2) is 40.1 Å².